The van der Waals surface area contributed by atoms with Gasteiger partial charge in [-0.1, -0.05) is 54.1 Å². The fourth-order valence-electron chi connectivity index (χ4n) is 3.98. The topological polar surface area (TPSA) is 70.8 Å². The van der Waals surface area contributed by atoms with Crippen LogP contribution in [0.3, 0.4) is 0 Å². The normalized spacial score (nSPS) is 10.8. The van der Waals surface area contributed by atoms with E-state index in [2.05, 4.69) is 6.58 Å². The molecule has 2 heterocycles. The highest BCUT2D eigenvalue weighted by Crippen LogP contribution is 2.16. The zero-order chi connectivity index (χ0) is 25.5. The Balaban J connectivity index is 1.60. The van der Waals surface area contributed by atoms with E-state index >= 15 is 0 Å². The smallest absolute Gasteiger partial charge is 0.242 e. The van der Waals surface area contributed by atoms with Gasteiger partial charge >= 0.3 is 0 Å². The summed E-state index contributed by atoms with van der Waals surface area (Å²) in [6, 6.07) is 18.8. The number of benzene rings is 2. The monoisotopic (exact) mass is 500 g/mol. The SMILES string of the molecule is C=CCN(CC(=O)N(Cc1ccccc1)Cc1coc2ccc(C)cc2c1=O)C(=O)Cc1cccs1. The third kappa shape index (κ3) is 6.17. The molecule has 0 saturated heterocycles. The third-order valence-electron chi connectivity index (χ3n) is 5.86. The molecule has 6 nitrogen and oxygen atoms in total. The first-order chi connectivity index (χ1) is 17.4. The van der Waals surface area contributed by atoms with E-state index in [9.17, 15) is 14.4 Å². The Hall–Kier alpha value is -3.97. The standard InChI is InChI=1S/C29H28N2O4S/c1-3-13-30(27(32)16-24-10-7-14-36-24)19-28(33)31(17-22-8-5-4-6-9-22)18-23-20-35-26-12-11-21(2)15-25(26)29(23)34/h3-12,14-15,20H,1,13,16-19H2,2H3. The Morgan fingerprint density at radius 1 is 1.00 bits per heavy atom. The minimum absolute atomic E-state index is 0.0704. The highest BCUT2D eigenvalue weighted by atomic mass is 32.1. The Bertz CT molecular complexity index is 1410. The lowest BCUT2D eigenvalue weighted by Gasteiger charge is -2.27. The van der Waals surface area contributed by atoms with Gasteiger partial charge in [0.2, 0.25) is 11.8 Å². The Morgan fingerprint density at radius 2 is 1.81 bits per heavy atom. The van der Waals surface area contributed by atoms with Gasteiger partial charge < -0.3 is 14.2 Å². The van der Waals surface area contributed by atoms with E-state index in [-0.39, 0.29) is 43.3 Å². The second kappa shape index (κ2) is 11.6. The van der Waals surface area contributed by atoms with Crippen LogP contribution in [0.1, 0.15) is 21.6 Å². The molecule has 0 N–H and O–H groups in total. The number of thiophene rings is 1. The summed E-state index contributed by atoms with van der Waals surface area (Å²) in [6.45, 7) is 6.17. The first-order valence-electron chi connectivity index (χ1n) is 11.7. The van der Waals surface area contributed by atoms with E-state index in [1.165, 1.54) is 22.5 Å². The fraction of sp³-hybridized carbons (Fsp3) is 0.207. The Morgan fingerprint density at radius 3 is 2.53 bits per heavy atom. The van der Waals surface area contributed by atoms with Crippen LogP contribution in [0.4, 0.5) is 0 Å². The molecule has 0 spiro atoms. The number of carbonyl (C=O) groups excluding carboxylic acids is 2. The largest absolute Gasteiger partial charge is 0.464 e. The van der Waals surface area contributed by atoms with Gasteiger partial charge in [0.05, 0.1) is 30.2 Å². The predicted octanol–water partition coefficient (Wildman–Crippen LogP) is 4.95. The van der Waals surface area contributed by atoms with Crippen molar-refractivity contribution in [3.8, 4) is 0 Å². The molecular formula is C29H28N2O4S. The van der Waals surface area contributed by atoms with Crippen molar-refractivity contribution in [2.75, 3.05) is 13.1 Å². The van der Waals surface area contributed by atoms with Crippen LogP contribution in [0.25, 0.3) is 11.0 Å². The molecule has 7 heteroatoms. The molecule has 0 fully saturated rings. The molecule has 4 rings (SSSR count). The summed E-state index contributed by atoms with van der Waals surface area (Å²) in [5, 5.41) is 2.41. The minimum Gasteiger partial charge on any atom is -0.464 e. The molecule has 184 valence electrons. The summed E-state index contributed by atoms with van der Waals surface area (Å²) in [5.74, 6) is -0.407. The Labute approximate surface area is 214 Å². The van der Waals surface area contributed by atoms with Crippen LogP contribution in [0.5, 0.6) is 0 Å². The van der Waals surface area contributed by atoms with Crippen molar-refractivity contribution in [3.63, 3.8) is 0 Å². The first-order valence-corrected chi connectivity index (χ1v) is 12.6. The van der Waals surface area contributed by atoms with Gasteiger partial charge in [0.15, 0.2) is 5.43 Å². The van der Waals surface area contributed by atoms with Crippen LogP contribution < -0.4 is 5.43 Å². The maximum absolute atomic E-state index is 13.5. The van der Waals surface area contributed by atoms with Crippen LogP contribution in [-0.4, -0.2) is 34.7 Å². The van der Waals surface area contributed by atoms with Crippen LogP contribution in [-0.2, 0) is 29.1 Å². The van der Waals surface area contributed by atoms with E-state index in [4.69, 9.17) is 4.42 Å². The van der Waals surface area contributed by atoms with Crippen molar-refractivity contribution in [2.45, 2.75) is 26.4 Å². The van der Waals surface area contributed by atoms with Gasteiger partial charge in [-0.15, -0.1) is 17.9 Å². The lowest BCUT2D eigenvalue weighted by molar-refractivity contribution is -0.140. The number of fused-ring (bicyclic) bond motifs is 1. The van der Waals surface area contributed by atoms with Crippen molar-refractivity contribution in [3.05, 3.63) is 117 Å². The second-order valence-electron chi connectivity index (χ2n) is 8.64. The Kier molecular flexibility index (Phi) is 8.13. The highest BCUT2D eigenvalue weighted by Gasteiger charge is 2.23. The molecule has 0 bridgehead atoms. The highest BCUT2D eigenvalue weighted by molar-refractivity contribution is 7.10. The fourth-order valence-corrected chi connectivity index (χ4v) is 4.68. The van der Waals surface area contributed by atoms with Gasteiger partial charge in [-0.25, -0.2) is 0 Å². The summed E-state index contributed by atoms with van der Waals surface area (Å²) in [5.41, 5.74) is 2.60. The number of amides is 2. The van der Waals surface area contributed by atoms with Crippen LogP contribution >= 0.6 is 11.3 Å². The lowest BCUT2D eigenvalue weighted by atomic mass is 10.1. The van der Waals surface area contributed by atoms with E-state index in [1.54, 1.807) is 23.1 Å². The van der Waals surface area contributed by atoms with Crippen LogP contribution in [0.2, 0.25) is 0 Å². The van der Waals surface area contributed by atoms with Gasteiger partial charge in [0.1, 0.15) is 12.1 Å². The molecule has 2 aromatic carbocycles. The number of nitrogens with zero attached hydrogens (tertiary/aromatic N) is 2. The quantitative estimate of drug-likeness (QED) is 0.289. The summed E-state index contributed by atoms with van der Waals surface area (Å²) in [6.07, 6.45) is 3.27. The van der Waals surface area contributed by atoms with Crippen LogP contribution in [0, 0.1) is 6.92 Å². The van der Waals surface area contributed by atoms with Gasteiger partial charge in [0, 0.05) is 18.0 Å². The summed E-state index contributed by atoms with van der Waals surface area (Å²) in [7, 11) is 0. The van der Waals surface area contributed by atoms with Gasteiger partial charge in [-0.3, -0.25) is 14.4 Å². The van der Waals surface area contributed by atoms with Crippen molar-refractivity contribution >= 4 is 34.1 Å². The molecule has 4 aromatic rings. The maximum atomic E-state index is 13.5. The molecule has 2 aromatic heterocycles. The predicted molar refractivity (Wildman–Crippen MR) is 143 cm³/mol. The van der Waals surface area contributed by atoms with Crippen molar-refractivity contribution in [2.24, 2.45) is 0 Å². The van der Waals surface area contributed by atoms with E-state index in [0.29, 0.717) is 23.1 Å². The molecule has 0 saturated carbocycles. The van der Waals surface area contributed by atoms with Crippen molar-refractivity contribution in [1.29, 1.82) is 0 Å². The number of hydrogen-bond donors (Lipinski definition) is 0. The minimum atomic E-state index is -0.260. The van der Waals surface area contributed by atoms with Gasteiger partial charge in [-0.05, 0) is 36.1 Å². The molecule has 0 aliphatic carbocycles. The number of carbonyl (C=O) groups is 2. The molecule has 0 radical (unpaired) electrons. The van der Waals surface area contributed by atoms with E-state index in [1.807, 2.05) is 60.8 Å². The average molecular weight is 501 g/mol. The maximum Gasteiger partial charge on any atom is 0.242 e. The summed E-state index contributed by atoms with van der Waals surface area (Å²) >= 11 is 1.51. The average Bonchev–Trinajstić information content (AvgIpc) is 3.39. The number of aryl methyl sites for hydroxylation is 1. The van der Waals surface area contributed by atoms with E-state index < -0.39 is 0 Å². The first kappa shape index (κ1) is 25.1. The number of rotatable bonds is 10. The molecule has 36 heavy (non-hydrogen) atoms. The van der Waals surface area contributed by atoms with Crippen molar-refractivity contribution in [1.82, 2.24) is 9.80 Å². The molecular weight excluding hydrogens is 472 g/mol. The van der Waals surface area contributed by atoms with Gasteiger partial charge in [0.25, 0.3) is 0 Å². The summed E-state index contributed by atoms with van der Waals surface area (Å²) < 4.78 is 5.71. The van der Waals surface area contributed by atoms with E-state index in [0.717, 1.165) is 16.0 Å². The van der Waals surface area contributed by atoms with Gasteiger partial charge in [-0.2, -0.15) is 0 Å². The van der Waals surface area contributed by atoms with Crippen molar-refractivity contribution < 1.29 is 14.0 Å². The van der Waals surface area contributed by atoms with Crippen LogP contribution in [0.15, 0.2) is 94.2 Å². The molecule has 0 aliphatic heterocycles. The summed E-state index contributed by atoms with van der Waals surface area (Å²) in [4.78, 5) is 43.8. The zero-order valence-electron chi connectivity index (χ0n) is 20.2. The third-order valence-corrected chi connectivity index (χ3v) is 6.74. The number of hydrogen-bond acceptors (Lipinski definition) is 5. The molecule has 0 atom stereocenters. The zero-order valence-corrected chi connectivity index (χ0v) is 21.0. The molecule has 2 amide bonds. The lowest BCUT2D eigenvalue weighted by Crippen LogP contribution is -2.43. The second-order valence-corrected chi connectivity index (χ2v) is 9.68. The molecule has 0 unspecified atom stereocenters. The molecule has 0 aliphatic rings.